The van der Waals surface area contributed by atoms with E-state index >= 15 is 0 Å². The van der Waals surface area contributed by atoms with Crippen LogP contribution in [0.1, 0.15) is 32.6 Å². The van der Waals surface area contributed by atoms with Crippen LogP contribution in [0.15, 0.2) is 18.5 Å². The van der Waals surface area contributed by atoms with E-state index < -0.39 is 5.54 Å². The van der Waals surface area contributed by atoms with Crippen molar-refractivity contribution in [2.24, 2.45) is 5.92 Å². The smallest absolute Gasteiger partial charge is 0.248 e. The first-order chi connectivity index (χ1) is 11.6. The molecule has 7 heteroatoms. The first kappa shape index (κ1) is 15.6. The van der Waals surface area contributed by atoms with Gasteiger partial charge in [0.15, 0.2) is 0 Å². The summed E-state index contributed by atoms with van der Waals surface area (Å²) in [4.78, 5) is 27.3. The lowest BCUT2D eigenvalue weighted by Crippen LogP contribution is -2.56. The number of piperidine rings is 1. The molecule has 24 heavy (non-hydrogen) atoms. The van der Waals surface area contributed by atoms with Crippen LogP contribution in [-0.2, 0) is 15.1 Å². The van der Waals surface area contributed by atoms with Crippen molar-refractivity contribution >= 4 is 11.8 Å². The minimum atomic E-state index is -0.641. The van der Waals surface area contributed by atoms with Gasteiger partial charge in [0.05, 0.1) is 6.04 Å². The lowest BCUT2D eigenvalue weighted by atomic mass is 9.87. The standard InChI is InChI=1S/C17H25N5O2/c1-12-9-14(12)21-11-13(10-15(21)23)20-16(24)17(3-6-18-7-4-17)22-8-2-5-19-22/h2,5,8,12-14,18H,3-4,6-7,9-11H2,1H3,(H,20,24). The summed E-state index contributed by atoms with van der Waals surface area (Å²) in [6.45, 7) is 4.41. The van der Waals surface area contributed by atoms with Crippen LogP contribution < -0.4 is 10.6 Å². The van der Waals surface area contributed by atoms with Gasteiger partial charge >= 0.3 is 0 Å². The Labute approximate surface area is 141 Å². The van der Waals surface area contributed by atoms with E-state index in [9.17, 15) is 9.59 Å². The molecule has 3 fully saturated rings. The number of rotatable bonds is 4. The number of likely N-dealkylation sites (tertiary alicyclic amines) is 1. The molecule has 3 atom stereocenters. The summed E-state index contributed by atoms with van der Waals surface area (Å²) in [6, 6.07) is 2.16. The van der Waals surface area contributed by atoms with Crippen molar-refractivity contribution in [3.63, 3.8) is 0 Å². The van der Waals surface area contributed by atoms with Gasteiger partial charge in [-0.2, -0.15) is 5.10 Å². The third kappa shape index (κ3) is 2.60. The lowest BCUT2D eigenvalue weighted by molar-refractivity contribution is -0.132. The topological polar surface area (TPSA) is 79.3 Å². The maximum absolute atomic E-state index is 13.1. The van der Waals surface area contributed by atoms with Crippen LogP contribution in [0.2, 0.25) is 0 Å². The first-order valence-corrected chi connectivity index (χ1v) is 8.91. The minimum Gasteiger partial charge on any atom is -0.349 e. The highest BCUT2D eigenvalue weighted by atomic mass is 16.2. The van der Waals surface area contributed by atoms with Crippen molar-refractivity contribution in [2.45, 2.75) is 50.2 Å². The number of hydrogen-bond acceptors (Lipinski definition) is 4. The van der Waals surface area contributed by atoms with Crippen LogP contribution in [0.25, 0.3) is 0 Å². The number of amides is 2. The minimum absolute atomic E-state index is 0.00352. The van der Waals surface area contributed by atoms with Crippen LogP contribution in [0.3, 0.4) is 0 Å². The van der Waals surface area contributed by atoms with Gasteiger partial charge in [0.25, 0.3) is 0 Å². The predicted octanol–water partition coefficient (Wildman–Crippen LogP) is 0.0873. The summed E-state index contributed by atoms with van der Waals surface area (Å²) in [5.74, 6) is 0.771. The second kappa shape index (κ2) is 5.88. The molecule has 0 spiro atoms. The van der Waals surface area contributed by atoms with Crippen molar-refractivity contribution in [2.75, 3.05) is 19.6 Å². The molecule has 7 nitrogen and oxygen atoms in total. The number of nitrogens with one attached hydrogen (secondary N) is 2. The molecular formula is C17H25N5O2. The Morgan fingerprint density at radius 2 is 2.17 bits per heavy atom. The molecular weight excluding hydrogens is 306 g/mol. The molecule has 0 aromatic carbocycles. The van der Waals surface area contributed by atoms with E-state index in [2.05, 4.69) is 22.7 Å². The SMILES string of the molecule is CC1CC1N1CC(NC(=O)C2(n3cccn3)CCNCC2)CC1=O. The van der Waals surface area contributed by atoms with Gasteiger partial charge in [0.2, 0.25) is 11.8 Å². The molecule has 1 aliphatic carbocycles. The number of carbonyl (C=O) groups excluding carboxylic acids is 2. The van der Waals surface area contributed by atoms with Crippen molar-refractivity contribution < 1.29 is 9.59 Å². The molecule has 2 N–H and O–H groups in total. The summed E-state index contributed by atoms with van der Waals surface area (Å²) in [5, 5.41) is 10.8. The molecule has 2 saturated heterocycles. The zero-order valence-electron chi connectivity index (χ0n) is 14.1. The lowest BCUT2D eigenvalue weighted by Gasteiger charge is -2.37. The molecule has 1 aromatic heterocycles. The average Bonchev–Trinajstić information content (AvgIpc) is 2.99. The van der Waals surface area contributed by atoms with Crippen LogP contribution in [0.5, 0.6) is 0 Å². The van der Waals surface area contributed by atoms with Crippen molar-refractivity contribution in [1.29, 1.82) is 0 Å². The van der Waals surface area contributed by atoms with Crippen LogP contribution in [0.4, 0.5) is 0 Å². The molecule has 0 bridgehead atoms. The molecule has 2 aliphatic heterocycles. The second-order valence-electron chi connectivity index (χ2n) is 7.43. The quantitative estimate of drug-likeness (QED) is 0.819. The van der Waals surface area contributed by atoms with Gasteiger partial charge in [-0.25, -0.2) is 0 Å². The molecule has 130 valence electrons. The van der Waals surface area contributed by atoms with Gasteiger partial charge in [0, 0.05) is 31.4 Å². The molecule has 3 unspecified atom stereocenters. The third-order valence-electron chi connectivity index (χ3n) is 5.76. The highest BCUT2D eigenvalue weighted by Crippen LogP contribution is 2.37. The van der Waals surface area contributed by atoms with Gasteiger partial charge < -0.3 is 15.5 Å². The summed E-state index contributed by atoms with van der Waals surface area (Å²) < 4.78 is 1.79. The summed E-state index contributed by atoms with van der Waals surface area (Å²) in [7, 11) is 0. The zero-order chi connectivity index (χ0) is 16.7. The predicted molar refractivity (Wildman–Crippen MR) is 88.1 cm³/mol. The fraction of sp³-hybridized carbons (Fsp3) is 0.706. The zero-order valence-corrected chi connectivity index (χ0v) is 14.1. The Kier molecular flexibility index (Phi) is 3.83. The van der Waals surface area contributed by atoms with Crippen LogP contribution in [-0.4, -0.2) is 58.2 Å². The van der Waals surface area contributed by atoms with Gasteiger partial charge in [-0.15, -0.1) is 0 Å². The van der Waals surface area contributed by atoms with Gasteiger partial charge in [0.1, 0.15) is 5.54 Å². The van der Waals surface area contributed by atoms with E-state index in [1.807, 2.05) is 17.2 Å². The summed E-state index contributed by atoms with van der Waals surface area (Å²) >= 11 is 0. The highest BCUT2D eigenvalue weighted by molar-refractivity contribution is 5.87. The summed E-state index contributed by atoms with van der Waals surface area (Å²) in [5.41, 5.74) is -0.641. The second-order valence-corrected chi connectivity index (χ2v) is 7.43. The number of hydrogen-bond donors (Lipinski definition) is 2. The highest BCUT2D eigenvalue weighted by Gasteiger charge is 2.47. The van der Waals surface area contributed by atoms with E-state index in [4.69, 9.17) is 0 Å². The number of nitrogens with zero attached hydrogens (tertiary/aromatic N) is 3. The number of aromatic nitrogens is 2. The molecule has 1 saturated carbocycles. The normalized spacial score (nSPS) is 32.0. The van der Waals surface area contributed by atoms with E-state index in [0.717, 1.165) is 19.5 Å². The van der Waals surface area contributed by atoms with Crippen molar-refractivity contribution in [3.8, 4) is 0 Å². The van der Waals surface area contributed by atoms with Gasteiger partial charge in [-0.1, -0.05) is 6.92 Å². The Morgan fingerprint density at radius 3 is 2.79 bits per heavy atom. The van der Waals surface area contributed by atoms with E-state index in [1.54, 1.807) is 10.9 Å². The van der Waals surface area contributed by atoms with E-state index in [-0.39, 0.29) is 17.9 Å². The largest absolute Gasteiger partial charge is 0.349 e. The van der Waals surface area contributed by atoms with Gasteiger partial charge in [-0.05, 0) is 44.3 Å². The monoisotopic (exact) mass is 331 g/mol. The van der Waals surface area contributed by atoms with Crippen molar-refractivity contribution in [1.82, 2.24) is 25.3 Å². The third-order valence-corrected chi connectivity index (χ3v) is 5.76. The maximum Gasteiger partial charge on any atom is 0.248 e. The molecule has 1 aromatic rings. The van der Waals surface area contributed by atoms with E-state index in [0.29, 0.717) is 37.8 Å². The molecule has 0 radical (unpaired) electrons. The Bertz CT molecular complexity index is 623. The molecule has 4 rings (SSSR count). The maximum atomic E-state index is 13.1. The number of carbonyl (C=O) groups is 2. The molecule has 3 heterocycles. The van der Waals surface area contributed by atoms with Crippen molar-refractivity contribution in [3.05, 3.63) is 18.5 Å². The Hall–Kier alpha value is -1.89. The fourth-order valence-electron chi connectivity index (χ4n) is 4.13. The Morgan fingerprint density at radius 1 is 1.42 bits per heavy atom. The first-order valence-electron chi connectivity index (χ1n) is 8.91. The summed E-state index contributed by atoms with van der Waals surface area (Å²) in [6.07, 6.45) is 6.52. The Balaban J connectivity index is 1.47. The molecule has 2 amide bonds. The van der Waals surface area contributed by atoms with E-state index in [1.165, 1.54) is 0 Å². The van der Waals surface area contributed by atoms with Gasteiger partial charge in [-0.3, -0.25) is 14.3 Å². The van der Waals surface area contributed by atoms with Crippen LogP contribution >= 0.6 is 0 Å². The molecule has 3 aliphatic rings. The van der Waals surface area contributed by atoms with Crippen LogP contribution in [0, 0.1) is 5.92 Å². The average molecular weight is 331 g/mol. The fourth-order valence-corrected chi connectivity index (χ4v) is 4.13.